The van der Waals surface area contributed by atoms with Gasteiger partial charge in [0, 0.05) is 31.4 Å². The topological polar surface area (TPSA) is 15.3 Å². The number of hydrogen-bond donors (Lipinski definition) is 1. The van der Waals surface area contributed by atoms with Crippen LogP contribution in [0.3, 0.4) is 0 Å². The molecule has 2 fully saturated rings. The molecular formula is C17H26N2. The van der Waals surface area contributed by atoms with Crippen molar-refractivity contribution in [2.24, 2.45) is 5.41 Å². The van der Waals surface area contributed by atoms with Gasteiger partial charge in [-0.2, -0.15) is 0 Å². The van der Waals surface area contributed by atoms with E-state index in [9.17, 15) is 0 Å². The molecule has 1 saturated heterocycles. The molecule has 0 spiro atoms. The third kappa shape index (κ3) is 3.11. The van der Waals surface area contributed by atoms with E-state index >= 15 is 0 Å². The lowest BCUT2D eigenvalue weighted by Crippen LogP contribution is -2.25. The van der Waals surface area contributed by atoms with Crippen LogP contribution in [-0.4, -0.2) is 19.1 Å². The van der Waals surface area contributed by atoms with Gasteiger partial charge >= 0.3 is 0 Å². The Bertz CT molecular complexity index is 460. The zero-order chi connectivity index (χ0) is 13.5. The molecule has 19 heavy (non-hydrogen) atoms. The van der Waals surface area contributed by atoms with E-state index in [0.717, 1.165) is 12.6 Å². The SMILES string of the molecule is Cc1ccc(N2CCC(C)(C)C2)c(CNC2CC2)c1. The Morgan fingerprint density at radius 1 is 1.32 bits per heavy atom. The minimum absolute atomic E-state index is 0.464. The van der Waals surface area contributed by atoms with Crippen molar-refractivity contribution < 1.29 is 0 Å². The van der Waals surface area contributed by atoms with Gasteiger partial charge in [0.15, 0.2) is 0 Å². The summed E-state index contributed by atoms with van der Waals surface area (Å²) in [5.41, 5.74) is 4.76. The van der Waals surface area contributed by atoms with Crippen molar-refractivity contribution in [2.45, 2.75) is 52.6 Å². The lowest BCUT2D eigenvalue weighted by atomic mass is 9.93. The van der Waals surface area contributed by atoms with Crippen molar-refractivity contribution in [2.75, 3.05) is 18.0 Å². The summed E-state index contributed by atoms with van der Waals surface area (Å²) in [5.74, 6) is 0. The first kappa shape index (κ1) is 13.0. The number of benzene rings is 1. The second-order valence-corrected chi connectivity index (χ2v) is 7.12. The van der Waals surface area contributed by atoms with Crippen LogP contribution in [-0.2, 0) is 6.54 Å². The minimum atomic E-state index is 0.464. The van der Waals surface area contributed by atoms with Gasteiger partial charge in [-0.15, -0.1) is 0 Å². The maximum atomic E-state index is 3.66. The number of hydrogen-bond acceptors (Lipinski definition) is 2. The van der Waals surface area contributed by atoms with Gasteiger partial charge in [-0.3, -0.25) is 0 Å². The van der Waals surface area contributed by atoms with Crippen LogP contribution in [0.15, 0.2) is 18.2 Å². The highest BCUT2D eigenvalue weighted by Crippen LogP contribution is 2.34. The number of anilines is 1. The standard InChI is InChI=1S/C17H26N2/c1-13-4-7-16(19-9-8-17(2,3)12-19)14(10-13)11-18-15-5-6-15/h4,7,10,15,18H,5-6,8-9,11-12H2,1-3H3. The van der Waals surface area contributed by atoms with E-state index in [1.54, 1.807) is 0 Å². The number of rotatable bonds is 4. The lowest BCUT2D eigenvalue weighted by Gasteiger charge is -2.24. The van der Waals surface area contributed by atoms with Crippen LogP contribution in [0.1, 0.15) is 44.2 Å². The minimum Gasteiger partial charge on any atom is -0.371 e. The lowest BCUT2D eigenvalue weighted by molar-refractivity contribution is 0.418. The summed E-state index contributed by atoms with van der Waals surface area (Å²) in [7, 11) is 0. The molecule has 0 bridgehead atoms. The molecule has 1 aromatic rings. The summed E-state index contributed by atoms with van der Waals surface area (Å²) in [4.78, 5) is 2.57. The van der Waals surface area contributed by atoms with Gasteiger partial charge in [-0.1, -0.05) is 31.5 Å². The Morgan fingerprint density at radius 2 is 2.11 bits per heavy atom. The molecule has 0 aromatic heterocycles. The summed E-state index contributed by atoms with van der Waals surface area (Å²) >= 11 is 0. The van der Waals surface area contributed by atoms with E-state index in [1.165, 1.54) is 49.2 Å². The molecule has 104 valence electrons. The molecule has 1 heterocycles. The van der Waals surface area contributed by atoms with Crippen molar-refractivity contribution in [3.05, 3.63) is 29.3 Å². The highest BCUT2D eigenvalue weighted by Gasteiger charge is 2.30. The van der Waals surface area contributed by atoms with Crippen LogP contribution in [0.5, 0.6) is 0 Å². The molecule has 0 amide bonds. The summed E-state index contributed by atoms with van der Waals surface area (Å²) in [6.45, 7) is 10.4. The molecule has 1 aliphatic heterocycles. The van der Waals surface area contributed by atoms with Gasteiger partial charge in [-0.05, 0) is 43.2 Å². The van der Waals surface area contributed by atoms with Crippen LogP contribution in [0.2, 0.25) is 0 Å². The van der Waals surface area contributed by atoms with Gasteiger partial charge in [0.05, 0.1) is 0 Å². The van der Waals surface area contributed by atoms with Crippen LogP contribution >= 0.6 is 0 Å². The molecule has 1 aromatic carbocycles. The number of nitrogens with zero attached hydrogens (tertiary/aromatic N) is 1. The molecular weight excluding hydrogens is 232 g/mol. The quantitative estimate of drug-likeness (QED) is 0.889. The second-order valence-electron chi connectivity index (χ2n) is 7.12. The normalized spacial score (nSPS) is 21.9. The molecule has 1 N–H and O–H groups in total. The highest BCUT2D eigenvalue weighted by atomic mass is 15.2. The summed E-state index contributed by atoms with van der Waals surface area (Å²) < 4.78 is 0. The average Bonchev–Trinajstić information content (AvgIpc) is 3.10. The van der Waals surface area contributed by atoms with Crippen LogP contribution < -0.4 is 10.2 Å². The van der Waals surface area contributed by atoms with E-state index in [-0.39, 0.29) is 0 Å². The molecule has 0 atom stereocenters. The van der Waals surface area contributed by atoms with E-state index in [4.69, 9.17) is 0 Å². The van der Waals surface area contributed by atoms with Gasteiger partial charge in [-0.25, -0.2) is 0 Å². The van der Waals surface area contributed by atoms with E-state index in [0.29, 0.717) is 5.41 Å². The Balaban J connectivity index is 1.78. The predicted octanol–water partition coefficient (Wildman–Crippen LogP) is 3.48. The fourth-order valence-corrected chi connectivity index (χ4v) is 3.02. The highest BCUT2D eigenvalue weighted by molar-refractivity contribution is 5.56. The molecule has 2 nitrogen and oxygen atoms in total. The van der Waals surface area contributed by atoms with E-state index < -0.39 is 0 Å². The Morgan fingerprint density at radius 3 is 2.74 bits per heavy atom. The predicted molar refractivity (Wildman–Crippen MR) is 81.7 cm³/mol. The summed E-state index contributed by atoms with van der Waals surface area (Å²) in [5, 5.41) is 3.66. The summed E-state index contributed by atoms with van der Waals surface area (Å²) in [6, 6.07) is 7.71. The monoisotopic (exact) mass is 258 g/mol. The van der Waals surface area contributed by atoms with Gasteiger partial charge < -0.3 is 10.2 Å². The van der Waals surface area contributed by atoms with Gasteiger partial charge in [0.25, 0.3) is 0 Å². The molecule has 3 rings (SSSR count). The molecule has 0 unspecified atom stereocenters. The molecule has 2 heteroatoms. The van der Waals surface area contributed by atoms with Crippen molar-refractivity contribution in [1.29, 1.82) is 0 Å². The first-order chi connectivity index (χ1) is 9.03. The first-order valence-corrected chi connectivity index (χ1v) is 7.61. The fraction of sp³-hybridized carbons (Fsp3) is 0.647. The van der Waals surface area contributed by atoms with Crippen molar-refractivity contribution in [3.63, 3.8) is 0 Å². The van der Waals surface area contributed by atoms with E-state index in [2.05, 4.69) is 49.2 Å². The zero-order valence-corrected chi connectivity index (χ0v) is 12.5. The van der Waals surface area contributed by atoms with Crippen molar-refractivity contribution in [3.8, 4) is 0 Å². The second kappa shape index (κ2) is 4.82. The number of aryl methyl sites for hydroxylation is 1. The van der Waals surface area contributed by atoms with E-state index in [1.807, 2.05) is 0 Å². The largest absolute Gasteiger partial charge is 0.371 e. The number of nitrogens with one attached hydrogen (secondary N) is 1. The Hall–Kier alpha value is -1.02. The van der Waals surface area contributed by atoms with Crippen LogP contribution in [0, 0.1) is 12.3 Å². The third-order valence-corrected chi connectivity index (χ3v) is 4.41. The van der Waals surface area contributed by atoms with Crippen LogP contribution in [0.25, 0.3) is 0 Å². The average molecular weight is 258 g/mol. The molecule has 2 aliphatic rings. The maximum absolute atomic E-state index is 3.66. The Labute approximate surface area is 117 Å². The Kier molecular flexibility index (Phi) is 3.30. The van der Waals surface area contributed by atoms with Crippen LogP contribution in [0.4, 0.5) is 5.69 Å². The summed E-state index contributed by atoms with van der Waals surface area (Å²) in [6.07, 6.45) is 4.02. The first-order valence-electron chi connectivity index (χ1n) is 7.61. The molecule has 1 saturated carbocycles. The fourth-order valence-electron chi connectivity index (χ4n) is 3.02. The van der Waals surface area contributed by atoms with Gasteiger partial charge in [0.1, 0.15) is 0 Å². The van der Waals surface area contributed by atoms with Crippen molar-refractivity contribution >= 4 is 5.69 Å². The maximum Gasteiger partial charge on any atom is 0.0412 e. The third-order valence-electron chi connectivity index (χ3n) is 4.41. The molecule has 1 aliphatic carbocycles. The smallest absolute Gasteiger partial charge is 0.0412 e. The zero-order valence-electron chi connectivity index (χ0n) is 12.5. The van der Waals surface area contributed by atoms with Gasteiger partial charge in [0.2, 0.25) is 0 Å². The van der Waals surface area contributed by atoms with Crippen molar-refractivity contribution in [1.82, 2.24) is 5.32 Å². The molecule has 0 radical (unpaired) electrons.